The summed E-state index contributed by atoms with van der Waals surface area (Å²) in [6, 6.07) is 10.8. The van der Waals surface area contributed by atoms with E-state index in [-0.39, 0.29) is 10.9 Å². The first-order valence-corrected chi connectivity index (χ1v) is 10.4. The molecule has 0 radical (unpaired) electrons. The molecule has 1 aromatic heterocycles. The minimum absolute atomic E-state index is 0.0763. The average molecular weight is 413 g/mol. The number of sulfonamides is 1. The summed E-state index contributed by atoms with van der Waals surface area (Å²) in [6.45, 7) is 0. The number of rotatable bonds is 4. The number of hydrogen-bond donors (Lipinski definition) is 1. The maximum absolute atomic E-state index is 13.2. The summed E-state index contributed by atoms with van der Waals surface area (Å²) in [4.78, 5) is 12.9. The molecule has 0 spiro atoms. The Balaban J connectivity index is 1.88. The van der Waals surface area contributed by atoms with Gasteiger partial charge in [-0.1, -0.05) is 11.6 Å². The average Bonchev–Trinajstić information content (AvgIpc) is 3.00. The number of carbonyl (C=O) groups excluding carboxylic acids is 1. The number of fused-ring (bicyclic) bond motifs is 1. The summed E-state index contributed by atoms with van der Waals surface area (Å²) < 4.78 is 38.5. The zero-order chi connectivity index (χ0) is 19.1. The predicted molar refractivity (Wildman–Crippen MR) is 104 cm³/mol. The number of carbonyl (C=O) groups is 1. The lowest BCUT2D eigenvalue weighted by molar-refractivity contribution is 0.103. The van der Waals surface area contributed by atoms with Crippen LogP contribution in [0.3, 0.4) is 0 Å². The van der Waals surface area contributed by atoms with Gasteiger partial charge in [-0.3, -0.25) is 9.10 Å². The second-order valence-electron chi connectivity index (χ2n) is 5.65. The first-order valence-electron chi connectivity index (χ1n) is 7.39. The van der Waals surface area contributed by atoms with E-state index in [1.165, 1.54) is 40.9 Å². The smallest absolute Gasteiger partial charge is 0.265 e. The third-order valence-corrected chi connectivity index (χ3v) is 6.37. The number of benzene rings is 2. The fourth-order valence-corrected chi connectivity index (χ4v) is 3.91. The molecule has 0 aliphatic carbocycles. The van der Waals surface area contributed by atoms with E-state index in [9.17, 15) is 17.6 Å². The number of nitrogens with zero attached hydrogens (tertiary/aromatic N) is 1. The topological polar surface area (TPSA) is 66.5 Å². The van der Waals surface area contributed by atoms with Crippen LogP contribution in [0.25, 0.3) is 10.1 Å². The first kappa shape index (κ1) is 18.6. The summed E-state index contributed by atoms with van der Waals surface area (Å²) in [5.74, 6) is -0.916. The number of hydrogen-bond acceptors (Lipinski definition) is 4. The van der Waals surface area contributed by atoms with Gasteiger partial charge in [0.25, 0.3) is 5.91 Å². The zero-order valence-corrected chi connectivity index (χ0v) is 16.2. The third-order valence-electron chi connectivity index (χ3n) is 3.76. The number of anilines is 2. The van der Waals surface area contributed by atoms with E-state index in [1.807, 2.05) is 0 Å². The van der Waals surface area contributed by atoms with Gasteiger partial charge < -0.3 is 5.32 Å². The lowest BCUT2D eigenvalue weighted by Gasteiger charge is -2.16. The summed E-state index contributed by atoms with van der Waals surface area (Å²) in [5.41, 5.74) is 0.895. The molecule has 0 unspecified atom stereocenters. The molecule has 26 heavy (non-hydrogen) atoms. The van der Waals surface area contributed by atoms with Crippen LogP contribution >= 0.6 is 22.9 Å². The Kier molecular flexibility index (Phi) is 4.92. The summed E-state index contributed by atoms with van der Waals surface area (Å²) in [6.07, 6.45) is 1.12. The van der Waals surface area contributed by atoms with Crippen LogP contribution in [0, 0.1) is 5.82 Å². The maximum atomic E-state index is 13.2. The molecule has 0 aliphatic heterocycles. The minimum Gasteiger partial charge on any atom is -0.321 e. The molecule has 136 valence electrons. The van der Waals surface area contributed by atoms with Crippen LogP contribution < -0.4 is 9.62 Å². The molecule has 0 bridgehead atoms. The summed E-state index contributed by atoms with van der Waals surface area (Å²) >= 11 is 6.99. The van der Waals surface area contributed by atoms with Crippen molar-refractivity contribution in [2.75, 3.05) is 22.9 Å². The van der Waals surface area contributed by atoms with E-state index >= 15 is 0 Å². The molecule has 5 nitrogen and oxygen atoms in total. The quantitative estimate of drug-likeness (QED) is 0.693. The van der Waals surface area contributed by atoms with E-state index in [2.05, 4.69) is 5.32 Å². The standard InChI is InChI=1S/C17H14ClFN2O3S2/c1-21(26(2,23)24)12-4-6-15-10(7-12)8-16(25-15)17(22)20-11-3-5-14(19)13(18)9-11/h3-9H,1-2H3,(H,20,22). The number of amides is 1. The fourth-order valence-electron chi connectivity index (χ4n) is 2.30. The summed E-state index contributed by atoms with van der Waals surface area (Å²) in [7, 11) is -1.90. The number of nitrogens with one attached hydrogen (secondary N) is 1. The van der Waals surface area contributed by atoms with Crippen LogP contribution in [-0.4, -0.2) is 27.6 Å². The molecule has 0 aliphatic rings. The van der Waals surface area contributed by atoms with Gasteiger partial charge in [-0.25, -0.2) is 12.8 Å². The minimum atomic E-state index is -3.37. The van der Waals surface area contributed by atoms with Crippen molar-refractivity contribution in [1.29, 1.82) is 0 Å². The molecule has 0 saturated heterocycles. The molecule has 1 heterocycles. The molecule has 0 saturated carbocycles. The van der Waals surface area contributed by atoms with Gasteiger partial charge in [0.2, 0.25) is 10.0 Å². The van der Waals surface area contributed by atoms with Crippen molar-refractivity contribution in [3.05, 3.63) is 58.2 Å². The van der Waals surface area contributed by atoms with Crippen molar-refractivity contribution in [3.63, 3.8) is 0 Å². The van der Waals surface area contributed by atoms with Gasteiger partial charge in [-0.2, -0.15) is 0 Å². The van der Waals surface area contributed by atoms with Crippen molar-refractivity contribution < 1.29 is 17.6 Å². The van der Waals surface area contributed by atoms with Gasteiger partial charge >= 0.3 is 0 Å². The van der Waals surface area contributed by atoms with Crippen molar-refractivity contribution in [2.45, 2.75) is 0 Å². The van der Waals surface area contributed by atoms with E-state index in [1.54, 1.807) is 24.3 Å². The van der Waals surface area contributed by atoms with Crippen LogP contribution in [0.2, 0.25) is 5.02 Å². The lowest BCUT2D eigenvalue weighted by atomic mass is 10.2. The van der Waals surface area contributed by atoms with Gasteiger partial charge in [0.15, 0.2) is 0 Å². The van der Waals surface area contributed by atoms with Gasteiger partial charge in [0.05, 0.1) is 21.8 Å². The molecule has 0 fully saturated rings. The van der Waals surface area contributed by atoms with E-state index < -0.39 is 15.8 Å². The number of thiophene rings is 1. The highest BCUT2D eigenvalue weighted by Gasteiger charge is 2.15. The van der Waals surface area contributed by atoms with Gasteiger partial charge in [0.1, 0.15) is 5.82 Å². The highest BCUT2D eigenvalue weighted by molar-refractivity contribution is 7.92. The molecular formula is C17H14ClFN2O3S2. The van der Waals surface area contributed by atoms with E-state index in [0.717, 1.165) is 16.3 Å². The molecule has 3 rings (SSSR count). The molecule has 1 amide bonds. The van der Waals surface area contributed by atoms with Crippen molar-refractivity contribution in [3.8, 4) is 0 Å². The Hall–Kier alpha value is -2.16. The van der Waals surface area contributed by atoms with Gasteiger partial charge in [0, 0.05) is 17.4 Å². The second kappa shape index (κ2) is 6.86. The molecule has 0 atom stereocenters. The Morgan fingerprint density at radius 3 is 2.58 bits per heavy atom. The van der Waals surface area contributed by atoms with Crippen LogP contribution in [0.4, 0.5) is 15.8 Å². The molecule has 3 aromatic rings. The highest BCUT2D eigenvalue weighted by atomic mass is 35.5. The fraction of sp³-hybridized carbons (Fsp3) is 0.118. The predicted octanol–water partition coefficient (Wildman–Crippen LogP) is 4.34. The molecule has 1 N–H and O–H groups in total. The van der Waals surface area contributed by atoms with Crippen molar-refractivity contribution in [2.24, 2.45) is 0 Å². The Labute approximate surface area is 159 Å². The Bertz CT molecular complexity index is 1110. The molecule has 9 heteroatoms. The van der Waals surface area contributed by atoms with Crippen molar-refractivity contribution >= 4 is 60.3 Å². The van der Waals surface area contributed by atoms with Gasteiger partial charge in [-0.15, -0.1) is 11.3 Å². The lowest BCUT2D eigenvalue weighted by Crippen LogP contribution is -2.24. The van der Waals surface area contributed by atoms with E-state index in [0.29, 0.717) is 16.3 Å². The second-order valence-corrected chi connectivity index (χ2v) is 9.15. The summed E-state index contributed by atoms with van der Waals surface area (Å²) in [5, 5.41) is 3.34. The largest absolute Gasteiger partial charge is 0.321 e. The zero-order valence-electron chi connectivity index (χ0n) is 13.8. The SMILES string of the molecule is CN(c1ccc2sc(C(=O)Nc3ccc(F)c(Cl)c3)cc2c1)S(C)(=O)=O. The molecule has 2 aromatic carbocycles. The highest BCUT2D eigenvalue weighted by Crippen LogP contribution is 2.30. The van der Waals surface area contributed by atoms with Crippen LogP contribution in [0.15, 0.2) is 42.5 Å². The normalized spacial score (nSPS) is 11.5. The Morgan fingerprint density at radius 1 is 1.19 bits per heavy atom. The Morgan fingerprint density at radius 2 is 1.92 bits per heavy atom. The van der Waals surface area contributed by atoms with Gasteiger partial charge in [-0.05, 0) is 47.9 Å². The monoisotopic (exact) mass is 412 g/mol. The van der Waals surface area contributed by atoms with Crippen LogP contribution in [-0.2, 0) is 10.0 Å². The van der Waals surface area contributed by atoms with E-state index in [4.69, 9.17) is 11.6 Å². The molecular weight excluding hydrogens is 399 g/mol. The first-order chi connectivity index (χ1) is 12.1. The van der Waals surface area contributed by atoms with Crippen LogP contribution in [0.1, 0.15) is 9.67 Å². The van der Waals surface area contributed by atoms with Crippen molar-refractivity contribution in [1.82, 2.24) is 0 Å². The maximum Gasteiger partial charge on any atom is 0.265 e. The van der Waals surface area contributed by atoms with Crippen LogP contribution in [0.5, 0.6) is 0 Å². The number of halogens is 2. The third kappa shape index (κ3) is 3.82.